The van der Waals surface area contributed by atoms with Crippen LogP contribution in [0.2, 0.25) is 0 Å². The Balaban J connectivity index is 1.55. The van der Waals surface area contributed by atoms with E-state index in [0.29, 0.717) is 34.8 Å². The Bertz CT molecular complexity index is 1100. The van der Waals surface area contributed by atoms with Gasteiger partial charge >= 0.3 is 6.03 Å². The van der Waals surface area contributed by atoms with E-state index in [4.69, 9.17) is 4.74 Å². The van der Waals surface area contributed by atoms with Gasteiger partial charge in [0.05, 0.1) is 0 Å². The van der Waals surface area contributed by atoms with Crippen molar-refractivity contribution >= 4 is 34.8 Å². The van der Waals surface area contributed by atoms with Crippen molar-refractivity contribution < 1.29 is 19.1 Å². The number of amides is 3. The highest BCUT2D eigenvalue weighted by atomic mass is 16.5. The number of Topliss-reactive ketones (excluding diaryl/α,β-unsaturated/α-hetero) is 1. The molecule has 3 amide bonds. The Morgan fingerprint density at radius 1 is 0.812 bits per heavy atom. The van der Waals surface area contributed by atoms with E-state index < -0.39 is 0 Å². The third-order valence-corrected chi connectivity index (χ3v) is 4.67. The second-order valence-corrected chi connectivity index (χ2v) is 7.11. The molecule has 0 heterocycles. The lowest BCUT2D eigenvalue weighted by Crippen LogP contribution is -2.22. The predicted octanol–water partition coefficient (Wildman–Crippen LogP) is 5.25. The summed E-state index contributed by atoms with van der Waals surface area (Å²) in [4.78, 5) is 36.2. The van der Waals surface area contributed by atoms with Crippen LogP contribution in [0.1, 0.15) is 29.3 Å². The van der Waals surface area contributed by atoms with Gasteiger partial charge in [0.15, 0.2) is 12.4 Å². The number of para-hydroxylation sites is 1. The highest BCUT2D eigenvalue weighted by molar-refractivity contribution is 6.00. The number of ketones is 1. The Hall–Kier alpha value is -4.13. The summed E-state index contributed by atoms with van der Waals surface area (Å²) in [5.74, 6) is 0.209. The summed E-state index contributed by atoms with van der Waals surface area (Å²) in [7, 11) is 0. The summed E-state index contributed by atoms with van der Waals surface area (Å²) >= 11 is 0. The van der Waals surface area contributed by atoms with Crippen LogP contribution in [-0.2, 0) is 4.79 Å². The second kappa shape index (κ2) is 10.8. The number of hydrogen-bond acceptors (Lipinski definition) is 4. The fourth-order valence-corrected chi connectivity index (χ4v) is 2.93. The first-order valence-corrected chi connectivity index (χ1v) is 10.2. The zero-order valence-corrected chi connectivity index (χ0v) is 18.0. The number of anilines is 3. The van der Waals surface area contributed by atoms with Crippen LogP contribution in [0.25, 0.3) is 0 Å². The molecule has 0 bridgehead atoms. The van der Waals surface area contributed by atoms with Crippen LogP contribution in [-0.4, -0.2) is 24.3 Å². The lowest BCUT2D eigenvalue weighted by Gasteiger charge is -2.13. The summed E-state index contributed by atoms with van der Waals surface area (Å²) in [5.41, 5.74) is 3.24. The van der Waals surface area contributed by atoms with Crippen molar-refractivity contribution in [3.63, 3.8) is 0 Å². The molecule has 3 rings (SSSR count). The van der Waals surface area contributed by atoms with Crippen LogP contribution in [0, 0.1) is 6.92 Å². The minimum absolute atomic E-state index is 0.0516. The van der Waals surface area contributed by atoms with Crippen molar-refractivity contribution in [2.75, 3.05) is 22.6 Å². The molecule has 3 N–H and O–H groups in total. The van der Waals surface area contributed by atoms with Crippen molar-refractivity contribution in [2.45, 2.75) is 20.3 Å². The largest absolute Gasteiger partial charge is 0.484 e. The van der Waals surface area contributed by atoms with Gasteiger partial charge in [0, 0.05) is 29.0 Å². The fourth-order valence-electron chi connectivity index (χ4n) is 2.93. The standard InChI is InChI=1S/C25H25N3O4/c1-3-23(29)18-10-13-21(14-11-18)32-16-24(30)28-22-15-20(12-9-17(22)2)27-25(31)26-19-7-5-4-6-8-19/h4-15H,3,16H2,1-2H3,(H,28,30)(H2,26,27,31). The molecule has 0 radical (unpaired) electrons. The Morgan fingerprint density at radius 3 is 2.19 bits per heavy atom. The average molecular weight is 431 g/mol. The topological polar surface area (TPSA) is 96.5 Å². The maximum Gasteiger partial charge on any atom is 0.323 e. The number of carbonyl (C=O) groups excluding carboxylic acids is 3. The van der Waals surface area contributed by atoms with Crippen molar-refractivity contribution in [2.24, 2.45) is 0 Å². The fraction of sp³-hybridized carbons (Fsp3) is 0.160. The summed E-state index contributed by atoms with van der Waals surface area (Å²) in [5, 5.41) is 8.28. The second-order valence-electron chi connectivity index (χ2n) is 7.11. The number of aryl methyl sites for hydroxylation is 1. The van der Waals surface area contributed by atoms with Gasteiger partial charge in [0.1, 0.15) is 5.75 Å². The maximum atomic E-state index is 12.3. The Morgan fingerprint density at radius 2 is 1.50 bits per heavy atom. The van der Waals surface area contributed by atoms with E-state index in [-0.39, 0.29) is 24.3 Å². The number of carbonyl (C=O) groups is 3. The first kappa shape index (κ1) is 22.6. The summed E-state index contributed by atoms with van der Waals surface area (Å²) in [6.45, 7) is 3.47. The van der Waals surface area contributed by atoms with Gasteiger partial charge in [-0.15, -0.1) is 0 Å². The van der Waals surface area contributed by atoms with E-state index in [1.54, 1.807) is 61.5 Å². The molecule has 0 fully saturated rings. The molecule has 7 nitrogen and oxygen atoms in total. The zero-order valence-electron chi connectivity index (χ0n) is 18.0. The van der Waals surface area contributed by atoms with Crippen molar-refractivity contribution in [3.8, 4) is 5.75 Å². The molecule has 0 atom stereocenters. The van der Waals surface area contributed by atoms with Gasteiger partial charge in [0.25, 0.3) is 5.91 Å². The molecular weight excluding hydrogens is 406 g/mol. The molecule has 0 aliphatic heterocycles. The molecule has 164 valence electrons. The van der Waals surface area contributed by atoms with Gasteiger partial charge in [-0.1, -0.05) is 31.2 Å². The molecule has 3 aromatic rings. The summed E-state index contributed by atoms with van der Waals surface area (Å²) in [6.07, 6.45) is 0.434. The Kier molecular flexibility index (Phi) is 7.59. The van der Waals surface area contributed by atoms with E-state index in [1.165, 1.54) is 0 Å². The SMILES string of the molecule is CCC(=O)c1ccc(OCC(=O)Nc2cc(NC(=O)Nc3ccccc3)ccc2C)cc1. The molecule has 0 unspecified atom stereocenters. The molecule has 0 saturated carbocycles. The van der Waals surface area contributed by atoms with Gasteiger partial charge in [0.2, 0.25) is 0 Å². The number of hydrogen-bond donors (Lipinski definition) is 3. The van der Waals surface area contributed by atoms with Gasteiger partial charge in [-0.3, -0.25) is 9.59 Å². The van der Waals surface area contributed by atoms with Gasteiger partial charge in [-0.05, 0) is 61.0 Å². The van der Waals surface area contributed by atoms with Crippen molar-refractivity contribution in [1.82, 2.24) is 0 Å². The molecule has 3 aromatic carbocycles. The zero-order chi connectivity index (χ0) is 22.9. The molecule has 0 aliphatic rings. The molecular formula is C25H25N3O4. The number of rotatable bonds is 8. The van der Waals surface area contributed by atoms with Crippen molar-refractivity contribution in [1.29, 1.82) is 0 Å². The number of urea groups is 1. The van der Waals surface area contributed by atoms with Crippen LogP contribution >= 0.6 is 0 Å². The third kappa shape index (κ3) is 6.43. The van der Waals surface area contributed by atoms with Gasteiger partial charge in [-0.25, -0.2) is 4.79 Å². The average Bonchev–Trinajstić information content (AvgIpc) is 2.80. The first-order chi connectivity index (χ1) is 15.4. The van der Waals surface area contributed by atoms with Gasteiger partial charge in [-0.2, -0.15) is 0 Å². The van der Waals surface area contributed by atoms with Gasteiger partial charge < -0.3 is 20.7 Å². The van der Waals surface area contributed by atoms with Crippen LogP contribution in [0.4, 0.5) is 21.9 Å². The van der Waals surface area contributed by atoms with Crippen LogP contribution in [0.15, 0.2) is 72.8 Å². The lowest BCUT2D eigenvalue weighted by atomic mass is 10.1. The Labute approximate surface area is 186 Å². The minimum atomic E-state index is -0.384. The summed E-state index contributed by atoms with van der Waals surface area (Å²) in [6, 6.07) is 20.6. The highest BCUT2D eigenvalue weighted by Gasteiger charge is 2.09. The quantitative estimate of drug-likeness (QED) is 0.425. The number of ether oxygens (including phenoxy) is 1. The highest BCUT2D eigenvalue weighted by Crippen LogP contribution is 2.21. The molecule has 7 heteroatoms. The van der Waals surface area contributed by atoms with E-state index >= 15 is 0 Å². The number of benzene rings is 3. The molecule has 0 spiro atoms. The third-order valence-electron chi connectivity index (χ3n) is 4.67. The van der Waals surface area contributed by atoms with E-state index in [1.807, 2.05) is 25.1 Å². The monoisotopic (exact) mass is 431 g/mol. The van der Waals surface area contributed by atoms with Crippen LogP contribution < -0.4 is 20.7 Å². The normalized spacial score (nSPS) is 10.2. The minimum Gasteiger partial charge on any atom is -0.484 e. The van der Waals surface area contributed by atoms with E-state index in [9.17, 15) is 14.4 Å². The molecule has 0 aliphatic carbocycles. The van der Waals surface area contributed by atoms with Crippen LogP contribution in [0.5, 0.6) is 5.75 Å². The first-order valence-electron chi connectivity index (χ1n) is 10.2. The molecule has 0 saturated heterocycles. The lowest BCUT2D eigenvalue weighted by molar-refractivity contribution is -0.118. The van der Waals surface area contributed by atoms with Crippen molar-refractivity contribution in [3.05, 3.63) is 83.9 Å². The summed E-state index contributed by atoms with van der Waals surface area (Å²) < 4.78 is 5.51. The number of nitrogens with one attached hydrogen (secondary N) is 3. The van der Waals surface area contributed by atoms with Crippen LogP contribution in [0.3, 0.4) is 0 Å². The van der Waals surface area contributed by atoms with E-state index in [2.05, 4.69) is 16.0 Å². The maximum absolute atomic E-state index is 12.3. The molecule has 0 aromatic heterocycles. The predicted molar refractivity (Wildman–Crippen MR) is 125 cm³/mol. The van der Waals surface area contributed by atoms with E-state index in [0.717, 1.165) is 5.56 Å². The molecule has 32 heavy (non-hydrogen) atoms. The smallest absolute Gasteiger partial charge is 0.323 e.